The summed E-state index contributed by atoms with van der Waals surface area (Å²) in [5, 5.41) is 21.7. The van der Waals surface area contributed by atoms with Crippen LogP contribution in [0.5, 0.6) is 11.5 Å². The molecular formula is C12H17NO3. The third-order valence-electron chi connectivity index (χ3n) is 2.76. The standard InChI is InChI=1S/C12H17NO3/c14-11-4-3-9(6-12(11)15)7-13-8-10-2-1-5-16-10/h3-4,6,10,13-15H,1-2,5,7-8H2. The monoisotopic (exact) mass is 223 g/mol. The Morgan fingerprint density at radius 3 is 2.88 bits per heavy atom. The van der Waals surface area contributed by atoms with Crippen LogP contribution in [0.1, 0.15) is 18.4 Å². The molecule has 0 spiro atoms. The summed E-state index contributed by atoms with van der Waals surface area (Å²) in [6.07, 6.45) is 2.59. The fraction of sp³-hybridized carbons (Fsp3) is 0.500. The van der Waals surface area contributed by atoms with E-state index in [0.717, 1.165) is 31.6 Å². The lowest BCUT2D eigenvalue weighted by atomic mass is 10.2. The molecule has 1 unspecified atom stereocenters. The number of rotatable bonds is 4. The average Bonchev–Trinajstić information content (AvgIpc) is 2.76. The summed E-state index contributed by atoms with van der Waals surface area (Å²) < 4.78 is 5.48. The van der Waals surface area contributed by atoms with E-state index < -0.39 is 0 Å². The van der Waals surface area contributed by atoms with E-state index in [1.807, 2.05) is 0 Å². The first-order valence-electron chi connectivity index (χ1n) is 5.59. The van der Waals surface area contributed by atoms with Crippen LogP contribution in [-0.4, -0.2) is 29.5 Å². The molecule has 1 atom stereocenters. The normalized spacial score (nSPS) is 20.1. The minimum absolute atomic E-state index is 0.0728. The summed E-state index contributed by atoms with van der Waals surface area (Å²) in [7, 11) is 0. The molecule has 0 bridgehead atoms. The molecule has 0 aromatic heterocycles. The largest absolute Gasteiger partial charge is 0.504 e. The highest BCUT2D eigenvalue weighted by atomic mass is 16.5. The van der Waals surface area contributed by atoms with Crippen molar-refractivity contribution in [2.24, 2.45) is 0 Å². The maximum absolute atomic E-state index is 9.31. The first kappa shape index (κ1) is 11.2. The highest BCUT2D eigenvalue weighted by molar-refractivity contribution is 5.40. The van der Waals surface area contributed by atoms with Gasteiger partial charge in [-0.3, -0.25) is 0 Å². The van der Waals surface area contributed by atoms with Crippen molar-refractivity contribution in [2.75, 3.05) is 13.2 Å². The molecule has 0 amide bonds. The van der Waals surface area contributed by atoms with Crippen molar-refractivity contribution in [3.8, 4) is 11.5 Å². The summed E-state index contributed by atoms with van der Waals surface area (Å²) in [4.78, 5) is 0. The summed E-state index contributed by atoms with van der Waals surface area (Å²) >= 11 is 0. The first-order valence-corrected chi connectivity index (χ1v) is 5.59. The maximum Gasteiger partial charge on any atom is 0.157 e. The summed E-state index contributed by atoms with van der Waals surface area (Å²) in [5.74, 6) is -0.153. The second kappa shape index (κ2) is 5.18. The van der Waals surface area contributed by atoms with Gasteiger partial charge in [-0.1, -0.05) is 6.07 Å². The lowest BCUT2D eigenvalue weighted by Crippen LogP contribution is -2.25. The molecule has 1 heterocycles. The molecule has 1 aromatic carbocycles. The molecule has 1 aliphatic rings. The fourth-order valence-electron chi connectivity index (χ4n) is 1.86. The molecule has 88 valence electrons. The van der Waals surface area contributed by atoms with Crippen LogP contribution in [0.25, 0.3) is 0 Å². The number of aromatic hydroxyl groups is 2. The number of phenols is 2. The van der Waals surface area contributed by atoms with E-state index >= 15 is 0 Å². The highest BCUT2D eigenvalue weighted by Gasteiger charge is 2.14. The van der Waals surface area contributed by atoms with E-state index in [2.05, 4.69) is 5.32 Å². The second-order valence-electron chi connectivity index (χ2n) is 4.09. The molecule has 0 saturated carbocycles. The SMILES string of the molecule is Oc1ccc(CNCC2CCCO2)cc1O. The van der Waals surface area contributed by atoms with Crippen LogP contribution in [0.4, 0.5) is 0 Å². The number of ether oxygens (including phenoxy) is 1. The van der Waals surface area contributed by atoms with Crippen molar-refractivity contribution < 1.29 is 14.9 Å². The van der Waals surface area contributed by atoms with Gasteiger partial charge in [0.05, 0.1) is 6.10 Å². The summed E-state index contributed by atoms with van der Waals surface area (Å²) in [6, 6.07) is 4.85. The van der Waals surface area contributed by atoms with Gasteiger partial charge in [0, 0.05) is 19.7 Å². The predicted molar refractivity (Wildman–Crippen MR) is 60.5 cm³/mol. The van der Waals surface area contributed by atoms with Crippen molar-refractivity contribution in [1.82, 2.24) is 5.32 Å². The molecule has 1 aliphatic heterocycles. The molecule has 0 radical (unpaired) electrons. The molecule has 4 heteroatoms. The third-order valence-corrected chi connectivity index (χ3v) is 2.76. The lowest BCUT2D eigenvalue weighted by molar-refractivity contribution is 0.110. The minimum Gasteiger partial charge on any atom is -0.504 e. The van der Waals surface area contributed by atoms with Crippen LogP contribution < -0.4 is 5.32 Å². The van der Waals surface area contributed by atoms with E-state index in [-0.39, 0.29) is 11.5 Å². The molecule has 1 fully saturated rings. The molecule has 1 aromatic rings. The van der Waals surface area contributed by atoms with Crippen LogP contribution in [0.15, 0.2) is 18.2 Å². The van der Waals surface area contributed by atoms with Gasteiger partial charge in [-0.15, -0.1) is 0 Å². The second-order valence-corrected chi connectivity index (χ2v) is 4.09. The Morgan fingerprint density at radius 1 is 1.31 bits per heavy atom. The van der Waals surface area contributed by atoms with Crippen LogP contribution in [0.2, 0.25) is 0 Å². The quantitative estimate of drug-likeness (QED) is 0.675. The van der Waals surface area contributed by atoms with E-state index in [4.69, 9.17) is 9.84 Å². The maximum atomic E-state index is 9.31. The smallest absolute Gasteiger partial charge is 0.157 e. The van der Waals surface area contributed by atoms with Crippen molar-refractivity contribution in [3.05, 3.63) is 23.8 Å². The molecule has 2 rings (SSSR count). The fourth-order valence-corrected chi connectivity index (χ4v) is 1.86. The Labute approximate surface area is 94.9 Å². The minimum atomic E-state index is -0.0807. The molecule has 16 heavy (non-hydrogen) atoms. The Kier molecular flexibility index (Phi) is 3.64. The lowest BCUT2D eigenvalue weighted by Gasteiger charge is -2.10. The first-order chi connectivity index (χ1) is 7.75. The number of nitrogens with one attached hydrogen (secondary N) is 1. The van der Waals surface area contributed by atoms with Gasteiger partial charge in [0.15, 0.2) is 11.5 Å². The van der Waals surface area contributed by atoms with Crippen LogP contribution in [0.3, 0.4) is 0 Å². The van der Waals surface area contributed by atoms with Crippen molar-refractivity contribution in [1.29, 1.82) is 0 Å². The van der Waals surface area contributed by atoms with Gasteiger partial charge in [-0.2, -0.15) is 0 Å². The Bertz CT molecular complexity index is 348. The van der Waals surface area contributed by atoms with E-state index in [1.54, 1.807) is 12.1 Å². The van der Waals surface area contributed by atoms with Gasteiger partial charge in [0.2, 0.25) is 0 Å². The molecule has 4 nitrogen and oxygen atoms in total. The highest BCUT2D eigenvalue weighted by Crippen LogP contribution is 2.24. The number of phenolic OH excluding ortho intramolecular Hbond substituents is 2. The molecular weight excluding hydrogens is 206 g/mol. The van der Waals surface area contributed by atoms with Crippen molar-refractivity contribution >= 4 is 0 Å². The van der Waals surface area contributed by atoms with E-state index in [1.165, 1.54) is 6.07 Å². The Balaban J connectivity index is 1.78. The van der Waals surface area contributed by atoms with Crippen molar-refractivity contribution in [2.45, 2.75) is 25.5 Å². The van der Waals surface area contributed by atoms with Crippen LogP contribution in [-0.2, 0) is 11.3 Å². The van der Waals surface area contributed by atoms with Gasteiger partial charge in [0.1, 0.15) is 0 Å². The zero-order chi connectivity index (χ0) is 11.4. The Morgan fingerprint density at radius 2 is 2.19 bits per heavy atom. The zero-order valence-electron chi connectivity index (χ0n) is 9.15. The van der Waals surface area contributed by atoms with Gasteiger partial charge >= 0.3 is 0 Å². The predicted octanol–water partition coefficient (Wildman–Crippen LogP) is 1.37. The average molecular weight is 223 g/mol. The number of hydrogen-bond donors (Lipinski definition) is 3. The van der Waals surface area contributed by atoms with E-state index in [0.29, 0.717) is 12.6 Å². The summed E-state index contributed by atoms with van der Waals surface area (Å²) in [6.45, 7) is 2.38. The van der Waals surface area contributed by atoms with Gasteiger partial charge in [-0.25, -0.2) is 0 Å². The van der Waals surface area contributed by atoms with Crippen LogP contribution in [0, 0.1) is 0 Å². The number of hydrogen-bond acceptors (Lipinski definition) is 4. The molecule has 1 saturated heterocycles. The van der Waals surface area contributed by atoms with Crippen molar-refractivity contribution in [3.63, 3.8) is 0 Å². The molecule has 0 aliphatic carbocycles. The van der Waals surface area contributed by atoms with E-state index in [9.17, 15) is 5.11 Å². The number of benzene rings is 1. The summed E-state index contributed by atoms with van der Waals surface area (Å²) in [5.41, 5.74) is 0.952. The van der Waals surface area contributed by atoms with Gasteiger partial charge < -0.3 is 20.3 Å². The molecule has 3 N–H and O–H groups in total. The Hall–Kier alpha value is -1.26. The topological polar surface area (TPSA) is 61.7 Å². The zero-order valence-corrected chi connectivity index (χ0v) is 9.15. The van der Waals surface area contributed by atoms with Crippen LogP contribution >= 0.6 is 0 Å². The van der Waals surface area contributed by atoms with Gasteiger partial charge in [0.25, 0.3) is 0 Å². The third kappa shape index (κ3) is 2.87. The van der Waals surface area contributed by atoms with Gasteiger partial charge in [-0.05, 0) is 30.5 Å².